The summed E-state index contributed by atoms with van der Waals surface area (Å²) >= 11 is 0. The van der Waals surface area contributed by atoms with Gasteiger partial charge in [0.25, 0.3) is 0 Å². The predicted molar refractivity (Wildman–Crippen MR) is 416 cm³/mol. The van der Waals surface area contributed by atoms with Crippen molar-refractivity contribution in [1.82, 2.24) is 4.98 Å². The van der Waals surface area contributed by atoms with Gasteiger partial charge in [0.05, 0.1) is 0 Å². The lowest BCUT2D eigenvalue weighted by Gasteiger charge is -2.11. The van der Waals surface area contributed by atoms with Crippen LogP contribution in [0.4, 0.5) is 4.39 Å². The highest BCUT2D eigenvalue weighted by Gasteiger charge is 2.11. The Morgan fingerprint density at radius 1 is 0.223 bits per heavy atom. The van der Waals surface area contributed by atoms with Gasteiger partial charge in [-0.1, -0.05) is 397 Å². The average Bonchev–Trinajstić information content (AvgIpc) is 0.761. The quantitative estimate of drug-likeness (QED) is 0.160. The Kier molecular flexibility index (Phi) is 31.4. The second-order valence-electron chi connectivity index (χ2n) is 20.3. The molecule has 0 N–H and O–H groups in total. The smallest absolute Gasteiger partial charge is 0.127 e. The minimum Gasteiger partial charge on any atom is -0.264 e. The molecule has 0 aliphatic rings. The lowest BCUT2D eigenvalue weighted by Crippen LogP contribution is -1.90. The first-order valence-corrected chi connectivity index (χ1v) is 33.4. The van der Waals surface area contributed by atoms with Gasteiger partial charge in [-0.05, 0) is 140 Å². The van der Waals surface area contributed by atoms with E-state index in [4.69, 9.17) is 0 Å². The van der Waals surface area contributed by atoms with Crippen LogP contribution in [0.2, 0.25) is 0 Å². The minimum atomic E-state index is -0.162. The molecule has 472 valence electrons. The molecule has 0 aliphatic carbocycles. The van der Waals surface area contributed by atoms with E-state index in [1.54, 1.807) is 12.3 Å². The molecule has 2 heteroatoms. The molecular formula is C92H92FN. The van der Waals surface area contributed by atoms with E-state index in [0.717, 1.165) is 27.8 Å². The van der Waals surface area contributed by atoms with Gasteiger partial charge in [-0.2, -0.15) is 0 Å². The Hall–Kier alpha value is -10.8. The molecule has 0 aliphatic heterocycles. The number of hydrogen-bond donors (Lipinski definition) is 0. The van der Waals surface area contributed by atoms with Crippen LogP contribution >= 0.6 is 0 Å². The summed E-state index contributed by atoms with van der Waals surface area (Å²) < 4.78 is 14.2. The van der Waals surface area contributed by atoms with Gasteiger partial charge in [-0.15, -0.1) is 0 Å². The third kappa shape index (κ3) is 20.4. The maximum atomic E-state index is 14.2. The monoisotopic (exact) mass is 1230 g/mol. The topological polar surface area (TPSA) is 12.9 Å². The zero-order valence-electron chi connectivity index (χ0n) is 56.9. The fourth-order valence-electron chi connectivity index (χ4n) is 10.6. The molecule has 0 unspecified atom stereocenters. The lowest BCUT2D eigenvalue weighted by molar-refractivity contribution is 0.619. The van der Waals surface area contributed by atoms with E-state index in [9.17, 15) is 4.39 Å². The molecule has 0 radical (unpaired) electrons. The van der Waals surface area contributed by atoms with Crippen molar-refractivity contribution in [1.29, 1.82) is 0 Å². The summed E-state index contributed by atoms with van der Waals surface area (Å²) in [4.78, 5) is 4.06. The molecular weight excluding hydrogens is 1140 g/mol. The molecule has 16 rings (SSSR count). The number of pyridine rings is 1. The van der Waals surface area contributed by atoms with Crippen LogP contribution in [-0.2, 0) is 0 Å². The summed E-state index contributed by atoms with van der Waals surface area (Å²) in [5.41, 5.74) is 9.55. The molecule has 1 nitrogen and oxygen atoms in total. The molecule has 16 aromatic rings. The van der Waals surface area contributed by atoms with Crippen LogP contribution in [0.15, 0.2) is 358 Å². The van der Waals surface area contributed by atoms with E-state index in [-0.39, 0.29) is 5.82 Å². The minimum absolute atomic E-state index is 0.162. The molecule has 0 fully saturated rings. The SMILES string of the molecule is CC.CC.CC.CC.CC.Cc1c(F)cc(-c2ccccc2)cc1-c1ccccc1.c1cc2ccc3cccc4ccc(c1)c2c34.c1ccc(-c2ccccc2)cc1.c1ccc(-c2cccnc2)cc1.c1ccc2c(c1)ccc1ccccc12.c1ccc2ccccc2c1. The van der Waals surface area contributed by atoms with Crippen molar-refractivity contribution >= 4 is 64.6 Å². The van der Waals surface area contributed by atoms with Crippen LogP contribution in [0.3, 0.4) is 0 Å². The van der Waals surface area contributed by atoms with E-state index in [2.05, 4.69) is 248 Å². The van der Waals surface area contributed by atoms with E-state index in [0.29, 0.717) is 5.56 Å². The van der Waals surface area contributed by atoms with Gasteiger partial charge >= 0.3 is 0 Å². The Morgan fingerprint density at radius 3 is 0.830 bits per heavy atom. The summed E-state index contributed by atoms with van der Waals surface area (Å²) in [7, 11) is 0. The Labute approximate surface area is 560 Å². The molecule has 1 aromatic heterocycles. The number of benzene rings is 15. The Bertz CT molecular complexity index is 4250. The molecule has 0 spiro atoms. The summed E-state index contributed by atoms with van der Waals surface area (Å²) in [6.45, 7) is 21.8. The van der Waals surface area contributed by atoms with Gasteiger partial charge < -0.3 is 0 Å². The van der Waals surface area contributed by atoms with Gasteiger partial charge in [0, 0.05) is 12.4 Å². The van der Waals surface area contributed by atoms with Crippen molar-refractivity contribution < 1.29 is 4.39 Å². The van der Waals surface area contributed by atoms with E-state index < -0.39 is 0 Å². The maximum absolute atomic E-state index is 14.2. The Morgan fingerprint density at radius 2 is 0.489 bits per heavy atom. The fourth-order valence-corrected chi connectivity index (χ4v) is 10.6. The number of nitrogens with zero attached hydrogens (tertiary/aromatic N) is 1. The predicted octanol–water partition coefficient (Wildman–Crippen LogP) is 28.1. The van der Waals surface area contributed by atoms with Crippen molar-refractivity contribution in [2.45, 2.75) is 76.2 Å². The van der Waals surface area contributed by atoms with Crippen LogP contribution in [-0.4, -0.2) is 4.98 Å². The molecule has 0 amide bonds. The summed E-state index contributed by atoms with van der Waals surface area (Å²) in [5, 5.41) is 16.1. The second kappa shape index (κ2) is 40.8. The lowest BCUT2D eigenvalue weighted by atomic mass is 9.95. The zero-order chi connectivity index (χ0) is 67.1. The Balaban J connectivity index is 0.000000176. The van der Waals surface area contributed by atoms with Crippen molar-refractivity contribution in [2.24, 2.45) is 0 Å². The van der Waals surface area contributed by atoms with Gasteiger partial charge in [0.1, 0.15) is 5.82 Å². The first-order chi connectivity index (χ1) is 46.5. The number of rotatable bonds is 4. The van der Waals surface area contributed by atoms with Crippen molar-refractivity contribution in [2.75, 3.05) is 0 Å². The van der Waals surface area contributed by atoms with E-state index in [1.165, 1.54) is 81.3 Å². The third-order valence-electron chi connectivity index (χ3n) is 14.9. The first-order valence-electron chi connectivity index (χ1n) is 33.4. The van der Waals surface area contributed by atoms with Crippen molar-refractivity contribution in [3.8, 4) is 44.5 Å². The molecule has 0 atom stereocenters. The largest absolute Gasteiger partial charge is 0.264 e. The zero-order valence-corrected chi connectivity index (χ0v) is 56.9. The first kappa shape index (κ1) is 72.3. The highest BCUT2D eigenvalue weighted by Crippen LogP contribution is 2.35. The van der Waals surface area contributed by atoms with E-state index >= 15 is 0 Å². The van der Waals surface area contributed by atoms with Crippen LogP contribution in [0, 0.1) is 12.7 Å². The summed E-state index contributed by atoms with van der Waals surface area (Å²) in [6, 6.07) is 118. The molecule has 0 saturated heterocycles. The van der Waals surface area contributed by atoms with Crippen LogP contribution in [0.1, 0.15) is 74.8 Å². The summed E-state index contributed by atoms with van der Waals surface area (Å²) in [5.74, 6) is -0.162. The normalized spacial score (nSPS) is 9.70. The average molecular weight is 1230 g/mol. The molecule has 94 heavy (non-hydrogen) atoms. The van der Waals surface area contributed by atoms with Crippen molar-refractivity contribution in [3.05, 3.63) is 370 Å². The molecule has 0 bridgehead atoms. The molecule has 1 heterocycles. The number of fused-ring (bicyclic) bond motifs is 4. The highest BCUT2D eigenvalue weighted by molar-refractivity contribution is 6.22. The van der Waals surface area contributed by atoms with Gasteiger partial charge in [0.2, 0.25) is 0 Å². The number of halogens is 1. The fraction of sp³-hybridized carbons (Fsp3) is 0.120. The van der Waals surface area contributed by atoms with Gasteiger partial charge in [-0.25, -0.2) is 4.39 Å². The molecule has 15 aromatic carbocycles. The van der Waals surface area contributed by atoms with Gasteiger partial charge in [-0.3, -0.25) is 4.98 Å². The van der Waals surface area contributed by atoms with E-state index in [1.807, 2.05) is 179 Å². The van der Waals surface area contributed by atoms with Crippen LogP contribution in [0.5, 0.6) is 0 Å². The number of aromatic nitrogens is 1. The summed E-state index contributed by atoms with van der Waals surface area (Å²) in [6.07, 6.45) is 3.65. The maximum Gasteiger partial charge on any atom is 0.127 e. The second-order valence-corrected chi connectivity index (χ2v) is 20.3. The highest BCUT2D eigenvalue weighted by atomic mass is 19.1. The van der Waals surface area contributed by atoms with Crippen LogP contribution in [0.25, 0.3) is 109 Å². The van der Waals surface area contributed by atoms with Crippen LogP contribution < -0.4 is 0 Å². The van der Waals surface area contributed by atoms with Crippen molar-refractivity contribution in [3.63, 3.8) is 0 Å². The van der Waals surface area contributed by atoms with Gasteiger partial charge in [0.15, 0.2) is 0 Å². The third-order valence-corrected chi connectivity index (χ3v) is 14.9. The number of hydrogen-bond acceptors (Lipinski definition) is 1. The standard InChI is InChI=1S/C19H15F.C16H10.C14H10.C12H10.C11H9N.C10H8.5C2H6/c1-14-18(16-10-6-3-7-11-16)12-17(13-19(14)20)15-8-4-2-5-9-15;1-3-11-7-9-13-5-2-6-14-10-8-12(4-1)15(11)16(13)14;1-3-7-13-11(5-1)9-10-12-6-2-4-8-14(12)13;1-3-7-11(8-4-1)12-9-5-2-6-10-12;1-2-5-10(6-3-1)11-7-4-8-12-9-11;1-2-6-10-8-4-3-7-9(10)5-1;5*1-2/h2-13H,1H3;1-10H;1-10H;1-10H;1-9H;1-8H;5*1-2H3. The molecule has 0 saturated carbocycles.